The maximum Gasteiger partial charge on any atom is 0.0562 e. The van der Waals surface area contributed by atoms with Crippen LogP contribution < -0.4 is 4.90 Å². The minimum absolute atomic E-state index is 1.13. The van der Waals surface area contributed by atoms with Crippen molar-refractivity contribution in [2.45, 2.75) is 0 Å². The maximum atomic E-state index is 2.42. The van der Waals surface area contributed by atoms with Gasteiger partial charge in [-0.15, -0.1) is 0 Å². The standard InChI is InChI=1S/C42H28N2/c1-3-13-32(14-4-1)43(34-27-26-30-23-25-31-24-22-29-12-7-8-17-35(29)41(31)37(30)28-34)39-20-11-21-40-42(39)36-18-9-10-19-38(36)44(40)33-15-5-2-6-16-33/h1-28H. The van der Waals surface area contributed by atoms with Crippen LogP contribution in [-0.2, 0) is 0 Å². The number of aromatic nitrogens is 1. The van der Waals surface area contributed by atoms with Gasteiger partial charge in [-0.3, -0.25) is 0 Å². The molecule has 0 fully saturated rings. The number of hydrogen-bond acceptors (Lipinski definition) is 1. The summed E-state index contributed by atoms with van der Waals surface area (Å²) in [6.07, 6.45) is 0. The highest BCUT2D eigenvalue weighted by Gasteiger charge is 2.21. The van der Waals surface area contributed by atoms with Crippen molar-refractivity contribution in [2.75, 3.05) is 4.90 Å². The Bertz CT molecular complexity index is 2490. The summed E-state index contributed by atoms with van der Waals surface area (Å²) >= 11 is 0. The monoisotopic (exact) mass is 560 g/mol. The Balaban J connectivity index is 1.38. The SMILES string of the molecule is c1ccc(N(c2ccc3ccc4ccc5ccccc5c4c3c2)c2cccc3c2c2ccccc2n3-c2ccccc2)cc1. The molecule has 9 rings (SSSR count). The summed E-state index contributed by atoms with van der Waals surface area (Å²) in [6.45, 7) is 0. The van der Waals surface area contributed by atoms with Crippen LogP contribution in [0.5, 0.6) is 0 Å². The van der Waals surface area contributed by atoms with Crippen molar-refractivity contribution in [1.82, 2.24) is 4.57 Å². The van der Waals surface area contributed by atoms with Crippen molar-refractivity contribution in [1.29, 1.82) is 0 Å². The van der Waals surface area contributed by atoms with E-state index in [1.165, 1.54) is 54.1 Å². The second-order valence-corrected chi connectivity index (χ2v) is 11.4. The van der Waals surface area contributed by atoms with Crippen LogP contribution in [0.1, 0.15) is 0 Å². The molecular weight excluding hydrogens is 532 g/mol. The Morgan fingerprint density at radius 1 is 0.364 bits per heavy atom. The van der Waals surface area contributed by atoms with Gasteiger partial charge in [-0.2, -0.15) is 0 Å². The van der Waals surface area contributed by atoms with Crippen LogP contribution in [0.3, 0.4) is 0 Å². The third kappa shape index (κ3) is 3.75. The Morgan fingerprint density at radius 3 is 1.80 bits per heavy atom. The lowest BCUT2D eigenvalue weighted by atomic mass is 9.96. The van der Waals surface area contributed by atoms with Gasteiger partial charge < -0.3 is 9.47 Å². The first kappa shape index (κ1) is 24.7. The quantitative estimate of drug-likeness (QED) is 0.194. The molecule has 0 unspecified atom stereocenters. The fourth-order valence-electron chi connectivity index (χ4n) is 7.00. The number of rotatable bonds is 4. The van der Waals surface area contributed by atoms with E-state index in [2.05, 4.69) is 179 Å². The molecule has 2 nitrogen and oxygen atoms in total. The number of anilines is 3. The Hall–Kier alpha value is -5.86. The third-order valence-electron chi connectivity index (χ3n) is 8.91. The maximum absolute atomic E-state index is 2.42. The Kier molecular flexibility index (Phi) is 5.54. The average molecular weight is 561 g/mol. The predicted octanol–water partition coefficient (Wildman–Crippen LogP) is 11.7. The van der Waals surface area contributed by atoms with Crippen molar-refractivity contribution >= 4 is 71.2 Å². The first-order valence-corrected chi connectivity index (χ1v) is 15.1. The summed E-state index contributed by atoms with van der Waals surface area (Å²) in [5.41, 5.74) is 6.96. The fourth-order valence-corrected chi connectivity index (χ4v) is 7.00. The third-order valence-corrected chi connectivity index (χ3v) is 8.91. The molecule has 0 spiro atoms. The van der Waals surface area contributed by atoms with Crippen LogP contribution in [0, 0.1) is 0 Å². The topological polar surface area (TPSA) is 8.17 Å². The second kappa shape index (κ2) is 9.86. The zero-order valence-corrected chi connectivity index (χ0v) is 24.1. The molecular formula is C42H28N2. The van der Waals surface area contributed by atoms with Gasteiger partial charge in [-0.1, -0.05) is 115 Å². The van der Waals surface area contributed by atoms with Gasteiger partial charge in [0, 0.05) is 27.8 Å². The fraction of sp³-hybridized carbons (Fsp3) is 0. The van der Waals surface area contributed by atoms with Crippen molar-refractivity contribution in [2.24, 2.45) is 0 Å². The van der Waals surface area contributed by atoms with E-state index in [4.69, 9.17) is 0 Å². The van der Waals surface area contributed by atoms with Crippen LogP contribution >= 0.6 is 0 Å². The molecule has 0 aliphatic carbocycles. The van der Waals surface area contributed by atoms with Crippen LogP contribution in [0.25, 0.3) is 59.8 Å². The number of benzene rings is 8. The average Bonchev–Trinajstić information content (AvgIpc) is 3.44. The zero-order chi connectivity index (χ0) is 29.0. The first-order chi connectivity index (χ1) is 21.8. The lowest BCUT2D eigenvalue weighted by Gasteiger charge is -2.27. The lowest BCUT2D eigenvalue weighted by Crippen LogP contribution is -2.10. The number of para-hydroxylation sites is 3. The van der Waals surface area contributed by atoms with Crippen LogP contribution in [-0.4, -0.2) is 4.57 Å². The molecule has 2 heteroatoms. The molecule has 0 radical (unpaired) electrons. The van der Waals surface area contributed by atoms with Gasteiger partial charge in [0.25, 0.3) is 0 Å². The lowest BCUT2D eigenvalue weighted by molar-refractivity contribution is 1.18. The summed E-state index contributed by atoms with van der Waals surface area (Å²) in [6, 6.07) is 61.5. The highest BCUT2D eigenvalue weighted by atomic mass is 15.1. The van der Waals surface area contributed by atoms with E-state index in [0.29, 0.717) is 0 Å². The molecule has 0 amide bonds. The summed E-state index contributed by atoms with van der Waals surface area (Å²) < 4.78 is 2.39. The van der Waals surface area contributed by atoms with E-state index < -0.39 is 0 Å². The summed E-state index contributed by atoms with van der Waals surface area (Å²) in [7, 11) is 0. The molecule has 9 aromatic rings. The smallest absolute Gasteiger partial charge is 0.0562 e. The minimum atomic E-state index is 1.13. The van der Waals surface area contributed by atoms with Crippen molar-refractivity contribution in [3.8, 4) is 5.69 Å². The molecule has 206 valence electrons. The van der Waals surface area contributed by atoms with Crippen LogP contribution in [0.15, 0.2) is 170 Å². The van der Waals surface area contributed by atoms with Crippen LogP contribution in [0.4, 0.5) is 17.1 Å². The van der Waals surface area contributed by atoms with Gasteiger partial charge in [0.05, 0.1) is 16.7 Å². The predicted molar refractivity (Wildman–Crippen MR) is 188 cm³/mol. The van der Waals surface area contributed by atoms with Gasteiger partial charge in [-0.05, 0) is 86.9 Å². The minimum Gasteiger partial charge on any atom is -0.310 e. The Morgan fingerprint density at radius 2 is 0.977 bits per heavy atom. The molecule has 1 heterocycles. The van der Waals surface area contributed by atoms with Gasteiger partial charge in [0.15, 0.2) is 0 Å². The number of hydrogen-bond donors (Lipinski definition) is 0. The summed E-state index contributed by atoms with van der Waals surface area (Å²) in [5, 5.41) is 10.1. The van der Waals surface area contributed by atoms with Crippen molar-refractivity contribution in [3.63, 3.8) is 0 Å². The van der Waals surface area contributed by atoms with Gasteiger partial charge in [0.2, 0.25) is 0 Å². The summed E-state index contributed by atoms with van der Waals surface area (Å²) in [5.74, 6) is 0. The highest BCUT2D eigenvalue weighted by molar-refractivity contribution is 6.21. The van der Waals surface area contributed by atoms with Crippen molar-refractivity contribution < 1.29 is 0 Å². The molecule has 44 heavy (non-hydrogen) atoms. The molecule has 0 saturated heterocycles. The Labute approximate surface area is 255 Å². The normalized spacial score (nSPS) is 11.6. The van der Waals surface area contributed by atoms with Crippen molar-refractivity contribution in [3.05, 3.63) is 170 Å². The molecule has 1 aromatic heterocycles. The van der Waals surface area contributed by atoms with E-state index in [1.54, 1.807) is 0 Å². The number of fused-ring (bicyclic) bond motifs is 8. The van der Waals surface area contributed by atoms with Crippen LogP contribution in [0.2, 0.25) is 0 Å². The largest absolute Gasteiger partial charge is 0.310 e. The zero-order valence-electron chi connectivity index (χ0n) is 24.1. The number of nitrogens with zero attached hydrogens (tertiary/aromatic N) is 2. The molecule has 8 aromatic carbocycles. The second-order valence-electron chi connectivity index (χ2n) is 11.4. The van der Waals surface area contributed by atoms with E-state index >= 15 is 0 Å². The molecule has 0 aliphatic rings. The van der Waals surface area contributed by atoms with E-state index in [9.17, 15) is 0 Å². The molecule has 0 atom stereocenters. The van der Waals surface area contributed by atoms with Gasteiger partial charge in [0.1, 0.15) is 0 Å². The van der Waals surface area contributed by atoms with Gasteiger partial charge >= 0.3 is 0 Å². The molecule has 0 N–H and O–H groups in total. The van der Waals surface area contributed by atoms with E-state index in [-0.39, 0.29) is 0 Å². The highest BCUT2D eigenvalue weighted by Crippen LogP contribution is 2.45. The molecule has 0 saturated carbocycles. The van der Waals surface area contributed by atoms with Gasteiger partial charge in [-0.25, -0.2) is 0 Å². The van der Waals surface area contributed by atoms with E-state index in [1.807, 2.05) is 0 Å². The molecule has 0 aliphatic heterocycles. The first-order valence-electron chi connectivity index (χ1n) is 15.1. The summed E-state index contributed by atoms with van der Waals surface area (Å²) in [4.78, 5) is 2.42. The van der Waals surface area contributed by atoms with E-state index in [0.717, 1.165) is 22.7 Å². The molecule has 0 bridgehead atoms.